The van der Waals surface area contributed by atoms with E-state index in [9.17, 15) is 8.78 Å². The normalized spacial score (nSPS) is 10.1. The van der Waals surface area contributed by atoms with Gasteiger partial charge in [-0.1, -0.05) is 18.2 Å². The van der Waals surface area contributed by atoms with E-state index in [0.717, 1.165) is 0 Å². The second-order valence-electron chi connectivity index (χ2n) is 3.71. The van der Waals surface area contributed by atoms with Gasteiger partial charge in [-0.05, 0) is 24.3 Å². The summed E-state index contributed by atoms with van der Waals surface area (Å²) >= 11 is 0. The Bertz CT molecular complexity index is 517. The molecule has 18 heavy (non-hydrogen) atoms. The van der Waals surface area contributed by atoms with E-state index in [0.29, 0.717) is 24.6 Å². The molecule has 94 valence electrons. The predicted molar refractivity (Wildman–Crippen MR) is 66.8 cm³/mol. The molecule has 0 aliphatic heterocycles. The van der Waals surface area contributed by atoms with E-state index in [2.05, 4.69) is 5.32 Å². The van der Waals surface area contributed by atoms with Gasteiger partial charge in [-0.25, -0.2) is 8.78 Å². The molecule has 2 aromatic rings. The van der Waals surface area contributed by atoms with Crippen LogP contribution in [0.1, 0.15) is 0 Å². The number of halogens is 2. The number of rotatable bonds is 5. The molecule has 2 rings (SSSR count). The van der Waals surface area contributed by atoms with Gasteiger partial charge in [0.15, 0.2) is 0 Å². The number of para-hydroxylation sites is 1. The van der Waals surface area contributed by atoms with Crippen LogP contribution in [-0.2, 0) is 0 Å². The average molecular weight is 249 g/mol. The maximum Gasteiger partial charge on any atom is 0.146 e. The van der Waals surface area contributed by atoms with Gasteiger partial charge in [0.1, 0.15) is 24.0 Å². The zero-order valence-electron chi connectivity index (χ0n) is 9.70. The Kier molecular flexibility index (Phi) is 4.12. The van der Waals surface area contributed by atoms with Gasteiger partial charge in [0.25, 0.3) is 0 Å². The van der Waals surface area contributed by atoms with E-state index >= 15 is 0 Å². The molecule has 0 aliphatic carbocycles. The van der Waals surface area contributed by atoms with Crippen LogP contribution in [0.4, 0.5) is 14.5 Å². The van der Waals surface area contributed by atoms with Gasteiger partial charge >= 0.3 is 0 Å². The van der Waals surface area contributed by atoms with Crippen LogP contribution < -0.4 is 10.1 Å². The first kappa shape index (κ1) is 12.4. The molecule has 0 heterocycles. The Hall–Kier alpha value is -2.10. The molecule has 4 heteroatoms. The van der Waals surface area contributed by atoms with Crippen LogP contribution in [-0.4, -0.2) is 13.2 Å². The highest BCUT2D eigenvalue weighted by Crippen LogP contribution is 2.13. The van der Waals surface area contributed by atoms with Crippen molar-refractivity contribution >= 4 is 5.69 Å². The number of hydrogen-bond donors (Lipinski definition) is 1. The van der Waals surface area contributed by atoms with Crippen molar-refractivity contribution in [3.63, 3.8) is 0 Å². The maximum absolute atomic E-state index is 13.2. The molecule has 0 aliphatic rings. The summed E-state index contributed by atoms with van der Waals surface area (Å²) in [5, 5.41) is 2.90. The van der Waals surface area contributed by atoms with Crippen molar-refractivity contribution in [1.82, 2.24) is 0 Å². The van der Waals surface area contributed by atoms with Crippen LogP contribution in [0, 0.1) is 11.6 Å². The van der Waals surface area contributed by atoms with Gasteiger partial charge in [0.05, 0.1) is 5.69 Å². The number of anilines is 1. The van der Waals surface area contributed by atoms with E-state index in [1.165, 1.54) is 18.2 Å². The first-order valence-corrected chi connectivity index (χ1v) is 5.62. The summed E-state index contributed by atoms with van der Waals surface area (Å²) < 4.78 is 31.4. The highest BCUT2D eigenvalue weighted by molar-refractivity contribution is 5.44. The third-order valence-corrected chi connectivity index (χ3v) is 2.36. The number of benzene rings is 2. The zero-order valence-corrected chi connectivity index (χ0v) is 9.70. The maximum atomic E-state index is 13.2. The quantitative estimate of drug-likeness (QED) is 0.819. The summed E-state index contributed by atoms with van der Waals surface area (Å²) in [4.78, 5) is 0. The minimum Gasteiger partial charge on any atom is -0.492 e. The zero-order chi connectivity index (χ0) is 12.8. The summed E-state index contributed by atoms with van der Waals surface area (Å²) in [5.41, 5.74) is 0.431. The molecule has 0 bridgehead atoms. The fourth-order valence-electron chi connectivity index (χ4n) is 1.52. The Morgan fingerprint density at radius 2 is 1.83 bits per heavy atom. The summed E-state index contributed by atoms with van der Waals surface area (Å²) in [6, 6.07) is 12.3. The monoisotopic (exact) mass is 249 g/mol. The SMILES string of the molecule is Fc1cccc(OCCNc2ccccc2F)c1. The first-order chi connectivity index (χ1) is 8.75. The van der Waals surface area contributed by atoms with Crippen LogP contribution in [0.5, 0.6) is 5.75 Å². The molecule has 0 saturated carbocycles. The number of nitrogens with one attached hydrogen (secondary N) is 1. The Morgan fingerprint density at radius 1 is 1.00 bits per heavy atom. The summed E-state index contributed by atoms with van der Waals surface area (Å²) in [6.45, 7) is 0.773. The van der Waals surface area contributed by atoms with E-state index in [1.807, 2.05) is 0 Å². The van der Waals surface area contributed by atoms with Crippen LogP contribution in [0.15, 0.2) is 48.5 Å². The lowest BCUT2D eigenvalue weighted by Crippen LogP contribution is -2.12. The fourth-order valence-corrected chi connectivity index (χ4v) is 1.52. The second kappa shape index (κ2) is 6.00. The minimum absolute atomic E-state index is 0.303. The van der Waals surface area contributed by atoms with Gasteiger partial charge < -0.3 is 10.1 Å². The van der Waals surface area contributed by atoms with Gasteiger partial charge in [0, 0.05) is 12.6 Å². The molecule has 0 atom stereocenters. The molecule has 2 nitrogen and oxygen atoms in total. The summed E-state index contributed by atoms with van der Waals surface area (Å²) in [5.74, 6) is -0.178. The first-order valence-electron chi connectivity index (χ1n) is 5.62. The molecule has 0 spiro atoms. The Balaban J connectivity index is 1.78. The lowest BCUT2D eigenvalue weighted by Gasteiger charge is -2.09. The van der Waals surface area contributed by atoms with E-state index < -0.39 is 0 Å². The smallest absolute Gasteiger partial charge is 0.146 e. The minimum atomic E-state index is -0.338. The number of hydrogen-bond acceptors (Lipinski definition) is 2. The molecule has 0 amide bonds. The third-order valence-electron chi connectivity index (χ3n) is 2.36. The molecular formula is C14H13F2NO. The van der Waals surface area contributed by atoms with Crippen molar-refractivity contribution in [2.24, 2.45) is 0 Å². The Labute approximate surface area is 104 Å². The van der Waals surface area contributed by atoms with Gasteiger partial charge in [-0.3, -0.25) is 0 Å². The van der Waals surface area contributed by atoms with Gasteiger partial charge in [0.2, 0.25) is 0 Å². The average Bonchev–Trinajstić information content (AvgIpc) is 2.37. The molecule has 2 aromatic carbocycles. The van der Waals surface area contributed by atoms with Crippen molar-refractivity contribution < 1.29 is 13.5 Å². The van der Waals surface area contributed by atoms with E-state index in [4.69, 9.17) is 4.74 Å². The summed E-state index contributed by atoms with van der Waals surface area (Å²) in [7, 11) is 0. The van der Waals surface area contributed by atoms with E-state index in [-0.39, 0.29) is 11.6 Å². The molecule has 0 aromatic heterocycles. The van der Waals surface area contributed by atoms with Gasteiger partial charge in [-0.2, -0.15) is 0 Å². The van der Waals surface area contributed by atoms with Crippen molar-refractivity contribution in [2.45, 2.75) is 0 Å². The lowest BCUT2D eigenvalue weighted by atomic mass is 10.3. The van der Waals surface area contributed by atoms with Crippen LogP contribution in [0.25, 0.3) is 0 Å². The fraction of sp³-hybridized carbons (Fsp3) is 0.143. The number of ether oxygens (including phenoxy) is 1. The third kappa shape index (κ3) is 3.45. The Morgan fingerprint density at radius 3 is 2.61 bits per heavy atom. The highest BCUT2D eigenvalue weighted by Gasteiger charge is 1.99. The molecular weight excluding hydrogens is 236 g/mol. The lowest BCUT2D eigenvalue weighted by molar-refractivity contribution is 0.331. The molecule has 0 unspecified atom stereocenters. The predicted octanol–water partition coefficient (Wildman–Crippen LogP) is 3.46. The van der Waals surface area contributed by atoms with Crippen molar-refractivity contribution in [3.8, 4) is 5.75 Å². The van der Waals surface area contributed by atoms with E-state index in [1.54, 1.807) is 30.3 Å². The molecule has 0 fully saturated rings. The highest BCUT2D eigenvalue weighted by atomic mass is 19.1. The largest absolute Gasteiger partial charge is 0.492 e. The van der Waals surface area contributed by atoms with Gasteiger partial charge in [-0.15, -0.1) is 0 Å². The molecule has 0 radical (unpaired) electrons. The topological polar surface area (TPSA) is 21.3 Å². The van der Waals surface area contributed by atoms with Crippen molar-refractivity contribution in [3.05, 3.63) is 60.2 Å². The standard InChI is InChI=1S/C14H13F2NO/c15-11-4-3-5-12(10-11)18-9-8-17-14-7-2-1-6-13(14)16/h1-7,10,17H,8-9H2. The van der Waals surface area contributed by atoms with Crippen molar-refractivity contribution in [2.75, 3.05) is 18.5 Å². The molecule has 1 N–H and O–H groups in total. The summed E-state index contributed by atoms with van der Waals surface area (Å²) in [6.07, 6.45) is 0. The molecule has 0 saturated heterocycles. The second-order valence-corrected chi connectivity index (χ2v) is 3.71. The van der Waals surface area contributed by atoms with Crippen LogP contribution in [0.2, 0.25) is 0 Å². The van der Waals surface area contributed by atoms with Crippen LogP contribution in [0.3, 0.4) is 0 Å². The van der Waals surface area contributed by atoms with Crippen LogP contribution >= 0.6 is 0 Å². The van der Waals surface area contributed by atoms with Crippen molar-refractivity contribution in [1.29, 1.82) is 0 Å².